The molecule has 0 saturated heterocycles. The number of benzene rings is 2. The Labute approximate surface area is 203 Å². The van der Waals surface area contributed by atoms with Gasteiger partial charge >= 0.3 is 0 Å². The van der Waals surface area contributed by atoms with E-state index in [0.29, 0.717) is 11.5 Å². The van der Waals surface area contributed by atoms with Gasteiger partial charge in [0.1, 0.15) is 11.5 Å². The van der Waals surface area contributed by atoms with Crippen molar-refractivity contribution in [3.05, 3.63) is 57.6 Å². The summed E-state index contributed by atoms with van der Waals surface area (Å²) < 4.78 is 0. The van der Waals surface area contributed by atoms with Crippen LogP contribution in [-0.4, -0.2) is 10.2 Å². The first-order chi connectivity index (χ1) is 14.5. The van der Waals surface area contributed by atoms with Crippen molar-refractivity contribution in [3.8, 4) is 11.5 Å². The lowest BCUT2D eigenvalue weighted by Crippen LogP contribution is -2.31. The molecule has 184 valence electrons. The highest BCUT2D eigenvalue weighted by molar-refractivity contribution is 5.57. The zero-order valence-electron chi connectivity index (χ0n) is 23.7. The first kappa shape index (κ1) is 27.3. The number of phenolic OH excluding ortho intramolecular Hbond substituents is 2. The lowest BCUT2D eigenvalue weighted by atomic mass is 9.65. The molecule has 2 rings (SSSR count). The van der Waals surface area contributed by atoms with Crippen molar-refractivity contribution in [1.29, 1.82) is 0 Å². The second-order valence-corrected chi connectivity index (χ2v) is 14.5. The van der Waals surface area contributed by atoms with E-state index in [4.69, 9.17) is 0 Å². The van der Waals surface area contributed by atoms with Gasteiger partial charge in [0.25, 0.3) is 0 Å². The summed E-state index contributed by atoms with van der Waals surface area (Å²) in [7, 11) is 0. The molecular weight excluding hydrogens is 404 g/mol. The topological polar surface area (TPSA) is 40.5 Å². The highest BCUT2D eigenvalue weighted by atomic mass is 16.3. The monoisotopic (exact) mass is 452 g/mol. The van der Waals surface area contributed by atoms with Gasteiger partial charge in [0.2, 0.25) is 0 Å². The van der Waals surface area contributed by atoms with Crippen molar-refractivity contribution in [2.75, 3.05) is 0 Å². The van der Waals surface area contributed by atoms with Crippen molar-refractivity contribution < 1.29 is 10.2 Å². The molecule has 2 nitrogen and oxygen atoms in total. The molecule has 2 aromatic carbocycles. The summed E-state index contributed by atoms with van der Waals surface area (Å²) in [4.78, 5) is 0. The van der Waals surface area contributed by atoms with Gasteiger partial charge in [0.15, 0.2) is 0 Å². The van der Waals surface area contributed by atoms with Gasteiger partial charge in [0.05, 0.1) is 0 Å². The molecular formula is C31H48O2. The van der Waals surface area contributed by atoms with E-state index in [-0.39, 0.29) is 27.1 Å². The molecule has 0 aliphatic heterocycles. The summed E-state index contributed by atoms with van der Waals surface area (Å²) in [5, 5.41) is 22.0. The fourth-order valence-electron chi connectivity index (χ4n) is 4.80. The molecule has 0 radical (unpaired) electrons. The predicted octanol–water partition coefficient (Wildman–Crippen LogP) is 8.61. The molecule has 0 aromatic heterocycles. The number of hydrogen-bond donors (Lipinski definition) is 2. The lowest BCUT2D eigenvalue weighted by Gasteiger charge is -2.39. The van der Waals surface area contributed by atoms with E-state index in [0.717, 1.165) is 22.3 Å². The molecule has 0 aliphatic rings. The molecule has 2 heteroatoms. The molecule has 0 atom stereocenters. The Hall–Kier alpha value is -1.96. The third-order valence-electron chi connectivity index (χ3n) is 6.85. The summed E-state index contributed by atoms with van der Waals surface area (Å²) in [5.41, 5.74) is 5.74. The Morgan fingerprint density at radius 2 is 0.606 bits per heavy atom. The quantitative estimate of drug-likeness (QED) is 0.479. The summed E-state index contributed by atoms with van der Waals surface area (Å²) in [6.45, 7) is 30.7. The van der Waals surface area contributed by atoms with Gasteiger partial charge in [-0.3, -0.25) is 0 Å². The molecule has 33 heavy (non-hydrogen) atoms. The standard InChI is InChI=1S/C31H48O2/c1-27(2,3)19-17-25(32)23(29(7,8)9)15-21(19)31(13,14)22-16-24(30(10,11)12)26(33)18-20(22)28(4,5)6/h15-18,32-33H,1-14H3. The number of hydrogen-bond acceptors (Lipinski definition) is 2. The molecule has 2 N–H and O–H groups in total. The average Bonchev–Trinajstić information content (AvgIpc) is 2.57. The van der Waals surface area contributed by atoms with Gasteiger partial charge in [0, 0.05) is 5.41 Å². The van der Waals surface area contributed by atoms with Crippen LogP contribution in [0.1, 0.15) is 130 Å². The summed E-state index contributed by atoms with van der Waals surface area (Å²) in [5.74, 6) is 0.730. The summed E-state index contributed by atoms with van der Waals surface area (Å²) >= 11 is 0. The highest BCUT2D eigenvalue weighted by Gasteiger charge is 2.37. The number of phenols is 2. The van der Waals surface area contributed by atoms with Gasteiger partial charge in [-0.15, -0.1) is 0 Å². The SMILES string of the molecule is CC(C)(C)c1cc(C(C)(C)c2cc(C(C)(C)C)c(O)cc2C(C)(C)C)c(C(C)(C)C)cc1O. The van der Waals surface area contributed by atoms with E-state index in [2.05, 4.69) is 109 Å². The van der Waals surface area contributed by atoms with Crippen LogP contribution in [0.2, 0.25) is 0 Å². The molecule has 0 bridgehead atoms. The van der Waals surface area contributed by atoms with E-state index in [9.17, 15) is 10.2 Å². The minimum absolute atomic E-state index is 0.133. The lowest BCUT2D eigenvalue weighted by molar-refractivity contribution is 0.435. The zero-order valence-corrected chi connectivity index (χ0v) is 23.7. The maximum Gasteiger partial charge on any atom is 0.119 e. The number of rotatable bonds is 2. The van der Waals surface area contributed by atoms with Gasteiger partial charge < -0.3 is 10.2 Å². The van der Waals surface area contributed by atoms with Crippen molar-refractivity contribution >= 4 is 0 Å². The van der Waals surface area contributed by atoms with Crippen molar-refractivity contribution in [2.45, 2.75) is 124 Å². The molecule has 0 heterocycles. The minimum atomic E-state index is -0.341. The first-order valence-corrected chi connectivity index (χ1v) is 12.3. The third kappa shape index (κ3) is 5.42. The van der Waals surface area contributed by atoms with Crippen LogP contribution in [0.4, 0.5) is 0 Å². The molecule has 0 unspecified atom stereocenters. The predicted molar refractivity (Wildman–Crippen MR) is 143 cm³/mol. The van der Waals surface area contributed by atoms with Crippen LogP contribution in [0, 0.1) is 0 Å². The van der Waals surface area contributed by atoms with Gasteiger partial charge in [-0.25, -0.2) is 0 Å². The Kier molecular flexibility index (Phi) is 6.67. The fourth-order valence-corrected chi connectivity index (χ4v) is 4.80. The maximum atomic E-state index is 11.0. The molecule has 0 spiro atoms. The Bertz CT molecular complexity index is 944. The van der Waals surface area contributed by atoms with E-state index in [1.54, 1.807) is 0 Å². The van der Waals surface area contributed by atoms with Crippen LogP contribution in [0.5, 0.6) is 11.5 Å². The van der Waals surface area contributed by atoms with Crippen LogP contribution in [0.15, 0.2) is 24.3 Å². The zero-order chi connectivity index (χ0) is 25.9. The van der Waals surface area contributed by atoms with E-state index in [1.807, 2.05) is 12.1 Å². The Morgan fingerprint density at radius 3 is 0.818 bits per heavy atom. The van der Waals surface area contributed by atoms with Crippen LogP contribution >= 0.6 is 0 Å². The Balaban J connectivity index is 3.05. The molecule has 0 amide bonds. The van der Waals surface area contributed by atoms with Gasteiger partial charge in [-0.2, -0.15) is 0 Å². The smallest absolute Gasteiger partial charge is 0.119 e. The maximum absolute atomic E-state index is 11.0. The fraction of sp³-hybridized carbons (Fsp3) is 0.613. The van der Waals surface area contributed by atoms with Gasteiger partial charge in [-0.1, -0.05) is 109 Å². The second kappa shape index (κ2) is 8.07. The van der Waals surface area contributed by atoms with E-state index in [1.165, 1.54) is 11.1 Å². The summed E-state index contributed by atoms with van der Waals surface area (Å²) in [6.07, 6.45) is 0. The Morgan fingerprint density at radius 1 is 0.364 bits per heavy atom. The van der Waals surface area contributed by atoms with Crippen molar-refractivity contribution in [1.82, 2.24) is 0 Å². The van der Waals surface area contributed by atoms with Crippen LogP contribution < -0.4 is 0 Å². The molecule has 2 aromatic rings. The van der Waals surface area contributed by atoms with Crippen LogP contribution in [0.25, 0.3) is 0 Å². The largest absolute Gasteiger partial charge is 0.508 e. The van der Waals surface area contributed by atoms with E-state index >= 15 is 0 Å². The number of aromatic hydroxyl groups is 2. The highest BCUT2D eigenvalue weighted by Crippen LogP contribution is 2.48. The van der Waals surface area contributed by atoms with Crippen LogP contribution in [-0.2, 0) is 27.1 Å². The van der Waals surface area contributed by atoms with Crippen molar-refractivity contribution in [2.24, 2.45) is 0 Å². The van der Waals surface area contributed by atoms with Gasteiger partial charge in [-0.05, 0) is 67.2 Å². The summed E-state index contributed by atoms with van der Waals surface area (Å²) in [6, 6.07) is 8.43. The van der Waals surface area contributed by atoms with E-state index < -0.39 is 0 Å². The van der Waals surface area contributed by atoms with Crippen molar-refractivity contribution in [3.63, 3.8) is 0 Å². The second-order valence-electron chi connectivity index (χ2n) is 14.5. The van der Waals surface area contributed by atoms with Crippen LogP contribution in [0.3, 0.4) is 0 Å². The first-order valence-electron chi connectivity index (χ1n) is 12.3. The molecule has 0 aliphatic carbocycles. The normalized spacial score (nSPS) is 14.0. The molecule has 0 saturated carbocycles. The average molecular weight is 453 g/mol. The molecule has 0 fully saturated rings. The minimum Gasteiger partial charge on any atom is -0.508 e. The third-order valence-corrected chi connectivity index (χ3v) is 6.85.